The van der Waals surface area contributed by atoms with Crippen LogP contribution in [0.5, 0.6) is 0 Å². The van der Waals surface area contributed by atoms with Crippen LogP contribution in [0.15, 0.2) is 28.1 Å². The second kappa shape index (κ2) is 7.53. The first-order valence-corrected chi connectivity index (χ1v) is 8.30. The predicted molar refractivity (Wildman–Crippen MR) is 83.5 cm³/mol. The molecule has 0 bridgehead atoms. The second-order valence-electron chi connectivity index (χ2n) is 5.14. The topological polar surface area (TPSA) is 50.4 Å². The van der Waals surface area contributed by atoms with E-state index in [0.29, 0.717) is 18.5 Å². The molecule has 5 heteroatoms. The average Bonchev–Trinajstić information content (AvgIpc) is 2.46. The Bertz CT molecular complexity index is 470. The Morgan fingerprint density at radius 1 is 1.40 bits per heavy atom. The number of nitrogens with two attached hydrogens (primary N) is 1. The van der Waals surface area contributed by atoms with E-state index in [-0.39, 0.29) is 5.82 Å². The van der Waals surface area contributed by atoms with Crippen molar-refractivity contribution >= 4 is 17.7 Å². The minimum absolute atomic E-state index is 0.230. The van der Waals surface area contributed by atoms with Crippen molar-refractivity contribution in [2.24, 2.45) is 10.7 Å². The Hall–Kier alpha value is -1.23. The van der Waals surface area contributed by atoms with Gasteiger partial charge in [0.2, 0.25) is 0 Å². The molecule has 1 aromatic carbocycles. The smallest absolute Gasteiger partial charge is 0.189 e. The molecule has 0 saturated heterocycles. The highest BCUT2D eigenvalue weighted by atomic mass is 32.2. The SMILES string of the molecule is CSc1ccc(F)cc1CN=C(N)NC1CCCCC1. The minimum Gasteiger partial charge on any atom is -0.370 e. The van der Waals surface area contributed by atoms with Gasteiger partial charge >= 0.3 is 0 Å². The molecule has 0 spiro atoms. The van der Waals surface area contributed by atoms with Gasteiger partial charge in [-0.15, -0.1) is 11.8 Å². The third-order valence-corrected chi connectivity index (χ3v) is 4.46. The summed E-state index contributed by atoms with van der Waals surface area (Å²) in [6, 6.07) is 5.24. The number of guanidine groups is 1. The van der Waals surface area contributed by atoms with Crippen LogP contribution in [-0.2, 0) is 6.54 Å². The number of halogens is 1. The molecule has 110 valence electrons. The third-order valence-electron chi connectivity index (χ3n) is 3.62. The molecule has 1 aromatic rings. The molecule has 0 atom stereocenters. The molecule has 1 aliphatic rings. The monoisotopic (exact) mass is 295 g/mol. The van der Waals surface area contributed by atoms with Crippen LogP contribution in [0, 0.1) is 5.82 Å². The van der Waals surface area contributed by atoms with Gasteiger partial charge in [-0.25, -0.2) is 9.38 Å². The fourth-order valence-corrected chi connectivity index (χ4v) is 3.13. The van der Waals surface area contributed by atoms with Crippen molar-refractivity contribution in [3.05, 3.63) is 29.6 Å². The van der Waals surface area contributed by atoms with E-state index in [4.69, 9.17) is 5.73 Å². The maximum absolute atomic E-state index is 13.3. The molecule has 1 saturated carbocycles. The van der Waals surface area contributed by atoms with Gasteiger partial charge in [0.15, 0.2) is 5.96 Å². The molecule has 0 aliphatic heterocycles. The number of thioether (sulfide) groups is 1. The minimum atomic E-state index is -0.230. The van der Waals surface area contributed by atoms with Gasteiger partial charge in [0.1, 0.15) is 5.82 Å². The molecule has 1 aliphatic carbocycles. The maximum Gasteiger partial charge on any atom is 0.189 e. The van der Waals surface area contributed by atoms with E-state index in [0.717, 1.165) is 23.3 Å². The van der Waals surface area contributed by atoms with E-state index in [1.807, 2.05) is 6.26 Å². The maximum atomic E-state index is 13.3. The zero-order valence-corrected chi connectivity index (χ0v) is 12.7. The first kappa shape index (κ1) is 15.2. The van der Waals surface area contributed by atoms with E-state index in [9.17, 15) is 4.39 Å². The van der Waals surface area contributed by atoms with Crippen LogP contribution < -0.4 is 11.1 Å². The third kappa shape index (κ3) is 4.40. The van der Waals surface area contributed by atoms with Crippen LogP contribution in [0.2, 0.25) is 0 Å². The summed E-state index contributed by atoms with van der Waals surface area (Å²) in [4.78, 5) is 5.38. The van der Waals surface area contributed by atoms with Gasteiger partial charge < -0.3 is 11.1 Å². The van der Waals surface area contributed by atoms with E-state index in [1.54, 1.807) is 17.8 Å². The van der Waals surface area contributed by atoms with Crippen molar-refractivity contribution in [2.75, 3.05) is 6.26 Å². The first-order valence-electron chi connectivity index (χ1n) is 7.08. The van der Waals surface area contributed by atoms with Gasteiger partial charge in [0.25, 0.3) is 0 Å². The lowest BCUT2D eigenvalue weighted by molar-refractivity contribution is 0.412. The number of nitrogens with one attached hydrogen (secondary N) is 1. The number of benzene rings is 1. The summed E-state index contributed by atoms with van der Waals surface area (Å²) < 4.78 is 13.3. The van der Waals surface area contributed by atoms with Crippen molar-refractivity contribution < 1.29 is 4.39 Å². The molecule has 0 unspecified atom stereocenters. The largest absolute Gasteiger partial charge is 0.370 e. The molecule has 0 radical (unpaired) electrons. The van der Waals surface area contributed by atoms with Crippen molar-refractivity contribution in [1.82, 2.24) is 5.32 Å². The second-order valence-corrected chi connectivity index (χ2v) is 5.98. The normalized spacial score (nSPS) is 17.2. The van der Waals surface area contributed by atoms with Crippen molar-refractivity contribution in [1.29, 1.82) is 0 Å². The summed E-state index contributed by atoms with van der Waals surface area (Å²) in [6.45, 7) is 0.416. The molecule has 3 nitrogen and oxygen atoms in total. The lowest BCUT2D eigenvalue weighted by atomic mass is 9.96. The van der Waals surface area contributed by atoms with E-state index in [2.05, 4.69) is 10.3 Å². The number of nitrogens with zero attached hydrogens (tertiary/aromatic N) is 1. The van der Waals surface area contributed by atoms with Gasteiger partial charge in [0, 0.05) is 10.9 Å². The van der Waals surface area contributed by atoms with Gasteiger partial charge in [-0.3, -0.25) is 0 Å². The van der Waals surface area contributed by atoms with Crippen molar-refractivity contribution in [3.63, 3.8) is 0 Å². The number of hydrogen-bond donors (Lipinski definition) is 2. The van der Waals surface area contributed by atoms with Crippen LogP contribution in [0.4, 0.5) is 4.39 Å². The summed E-state index contributed by atoms with van der Waals surface area (Å²) in [5.74, 6) is 0.236. The van der Waals surface area contributed by atoms with Crippen LogP contribution in [0.3, 0.4) is 0 Å². The Kier molecular flexibility index (Phi) is 5.71. The molecule has 2 rings (SSSR count). The Morgan fingerprint density at radius 2 is 2.15 bits per heavy atom. The highest BCUT2D eigenvalue weighted by Gasteiger charge is 2.13. The molecular formula is C15H22FN3S. The lowest BCUT2D eigenvalue weighted by Crippen LogP contribution is -2.41. The van der Waals surface area contributed by atoms with Crippen molar-refractivity contribution in [3.8, 4) is 0 Å². The molecule has 0 amide bonds. The lowest BCUT2D eigenvalue weighted by Gasteiger charge is -2.23. The highest BCUT2D eigenvalue weighted by Crippen LogP contribution is 2.22. The highest BCUT2D eigenvalue weighted by molar-refractivity contribution is 7.98. The van der Waals surface area contributed by atoms with Crippen LogP contribution in [0.25, 0.3) is 0 Å². The fourth-order valence-electron chi connectivity index (χ4n) is 2.54. The van der Waals surface area contributed by atoms with E-state index < -0.39 is 0 Å². The van der Waals surface area contributed by atoms with Crippen LogP contribution in [0.1, 0.15) is 37.7 Å². The van der Waals surface area contributed by atoms with Gasteiger partial charge in [0.05, 0.1) is 6.54 Å². The molecular weight excluding hydrogens is 273 g/mol. The number of rotatable bonds is 4. The Labute approximate surface area is 124 Å². The number of aliphatic imine (C=N–C) groups is 1. The van der Waals surface area contributed by atoms with Crippen LogP contribution in [-0.4, -0.2) is 18.3 Å². The van der Waals surface area contributed by atoms with Crippen LogP contribution >= 0.6 is 11.8 Å². The van der Waals surface area contributed by atoms with Crippen molar-refractivity contribution in [2.45, 2.75) is 49.6 Å². The standard InChI is InChI=1S/C15H22FN3S/c1-20-14-8-7-12(16)9-11(14)10-18-15(17)19-13-5-3-2-4-6-13/h7-9,13H,2-6,10H2,1H3,(H3,17,18,19). The number of hydrogen-bond acceptors (Lipinski definition) is 2. The molecule has 0 heterocycles. The molecule has 3 N–H and O–H groups in total. The summed E-state index contributed by atoms with van der Waals surface area (Å²) in [7, 11) is 0. The van der Waals surface area contributed by atoms with Gasteiger partial charge in [-0.05, 0) is 42.9 Å². The fraction of sp³-hybridized carbons (Fsp3) is 0.533. The van der Waals surface area contributed by atoms with Gasteiger partial charge in [-0.1, -0.05) is 19.3 Å². The quantitative estimate of drug-likeness (QED) is 0.509. The summed E-state index contributed by atoms with van der Waals surface area (Å²) in [5, 5.41) is 3.27. The molecule has 20 heavy (non-hydrogen) atoms. The first-order chi connectivity index (χ1) is 9.69. The molecule has 1 fully saturated rings. The van der Waals surface area contributed by atoms with Gasteiger partial charge in [-0.2, -0.15) is 0 Å². The average molecular weight is 295 g/mol. The zero-order chi connectivity index (χ0) is 14.4. The van der Waals surface area contributed by atoms with E-state index in [1.165, 1.54) is 31.4 Å². The zero-order valence-electron chi connectivity index (χ0n) is 11.9. The predicted octanol–water partition coefficient (Wildman–Crippen LogP) is 3.28. The summed E-state index contributed by atoms with van der Waals surface area (Å²) >= 11 is 1.59. The Balaban J connectivity index is 1.95. The molecule has 0 aromatic heterocycles. The van der Waals surface area contributed by atoms with E-state index >= 15 is 0 Å². The summed E-state index contributed by atoms with van der Waals surface area (Å²) in [6.07, 6.45) is 8.12. The Morgan fingerprint density at radius 3 is 2.85 bits per heavy atom. The summed E-state index contributed by atoms with van der Waals surface area (Å²) in [5.41, 5.74) is 6.80.